The molecule has 0 bridgehead atoms. The molecule has 5 nitrogen and oxygen atoms in total. The Hall–Kier alpha value is -1.14. The molecule has 1 N–H and O–H groups in total. The number of nitrogens with zero attached hydrogens (tertiary/aromatic N) is 3. The molecule has 0 spiro atoms. The molecule has 1 atom stereocenters. The summed E-state index contributed by atoms with van der Waals surface area (Å²) in [5.74, 6) is 0.584. The quantitative estimate of drug-likeness (QED) is 0.677. The normalized spacial score (nSPS) is 22.4. The molecule has 2 rings (SSSR count). The van der Waals surface area contributed by atoms with Gasteiger partial charge in [0.15, 0.2) is 11.3 Å². The van der Waals surface area contributed by atoms with Gasteiger partial charge in [-0.2, -0.15) is 0 Å². The maximum absolute atomic E-state index is 11.3. The second kappa shape index (κ2) is 3.31. The van der Waals surface area contributed by atoms with Gasteiger partial charge in [-0.25, -0.2) is 4.98 Å². The Kier molecular flexibility index (Phi) is 2.15. The molecule has 0 saturated carbocycles. The lowest BCUT2D eigenvalue weighted by molar-refractivity contribution is -0.121. The first-order valence-corrected chi connectivity index (χ1v) is 4.71. The van der Waals surface area contributed by atoms with E-state index in [9.17, 15) is 4.79 Å². The summed E-state index contributed by atoms with van der Waals surface area (Å²) < 4.78 is 0. The molecule has 0 radical (unpaired) electrons. The summed E-state index contributed by atoms with van der Waals surface area (Å²) in [5.41, 5.74) is -0.956. The van der Waals surface area contributed by atoms with Crippen LogP contribution in [0, 0.1) is 0 Å². The van der Waals surface area contributed by atoms with Crippen molar-refractivity contribution in [2.45, 2.75) is 5.44 Å². The fraction of sp³-hybridized carbons (Fsp3) is 0.286. The number of thioether (sulfide) groups is 1. The van der Waals surface area contributed by atoms with E-state index in [4.69, 9.17) is 5.11 Å². The zero-order chi connectivity index (χ0) is 9.26. The summed E-state index contributed by atoms with van der Waals surface area (Å²) in [6.45, 7) is 0. The molecule has 1 aromatic heterocycles. The number of carbonyl (C=O) groups is 1. The largest absolute Gasteiger partial charge is 0.373 e. The van der Waals surface area contributed by atoms with E-state index in [0.29, 0.717) is 11.7 Å². The van der Waals surface area contributed by atoms with Crippen LogP contribution >= 0.6 is 11.8 Å². The van der Waals surface area contributed by atoms with E-state index in [1.807, 2.05) is 0 Å². The van der Waals surface area contributed by atoms with Crippen molar-refractivity contribution in [1.82, 2.24) is 9.97 Å². The highest BCUT2D eigenvalue weighted by Crippen LogP contribution is 2.25. The number of amides is 1. The molecule has 1 saturated heterocycles. The van der Waals surface area contributed by atoms with Crippen molar-refractivity contribution in [3.8, 4) is 0 Å². The Bertz CT molecular complexity index is 319. The van der Waals surface area contributed by atoms with Gasteiger partial charge >= 0.3 is 0 Å². The highest BCUT2D eigenvalue weighted by molar-refractivity contribution is 8.01. The van der Waals surface area contributed by atoms with E-state index < -0.39 is 5.44 Å². The lowest BCUT2D eigenvalue weighted by Gasteiger charge is -2.11. The highest BCUT2D eigenvalue weighted by atomic mass is 32.2. The molecule has 1 aliphatic rings. The number of aliphatic hydroxyl groups is 1. The van der Waals surface area contributed by atoms with E-state index in [1.165, 1.54) is 35.3 Å². The summed E-state index contributed by atoms with van der Waals surface area (Å²) >= 11 is 1.17. The van der Waals surface area contributed by atoms with Crippen LogP contribution in [0.15, 0.2) is 18.6 Å². The lowest BCUT2D eigenvalue weighted by atomic mass is 10.5. The third-order valence-electron chi connectivity index (χ3n) is 1.66. The first kappa shape index (κ1) is 8.46. The van der Waals surface area contributed by atoms with E-state index in [0.717, 1.165) is 0 Å². The van der Waals surface area contributed by atoms with Crippen molar-refractivity contribution in [3.63, 3.8) is 0 Å². The van der Waals surface area contributed by atoms with Gasteiger partial charge in [-0.1, -0.05) is 11.8 Å². The Labute approximate surface area is 78.8 Å². The van der Waals surface area contributed by atoms with Gasteiger partial charge in [0.05, 0.1) is 12.1 Å². The first-order valence-electron chi connectivity index (χ1n) is 3.66. The third kappa shape index (κ3) is 1.50. The minimum Gasteiger partial charge on any atom is -0.373 e. The molecular weight excluding hydrogens is 190 g/mol. The van der Waals surface area contributed by atoms with Gasteiger partial charge in [0.25, 0.3) is 5.91 Å². The van der Waals surface area contributed by atoms with Gasteiger partial charge in [0.1, 0.15) is 0 Å². The number of anilines is 1. The second-order valence-electron chi connectivity index (χ2n) is 2.48. The van der Waals surface area contributed by atoms with E-state index in [-0.39, 0.29) is 5.91 Å². The Morgan fingerprint density at radius 1 is 1.62 bits per heavy atom. The van der Waals surface area contributed by atoms with Gasteiger partial charge < -0.3 is 5.11 Å². The Morgan fingerprint density at radius 3 is 3.00 bits per heavy atom. The summed E-state index contributed by atoms with van der Waals surface area (Å²) in [6, 6.07) is 0. The van der Waals surface area contributed by atoms with Crippen LogP contribution in [0.2, 0.25) is 0 Å². The molecule has 1 amide bonds. The predicted molar refractivity (Wildman–Crippen MR) is 48.0 cm³/mol. The zero-order valence-corrected chi connectivity index (χ0v) is 7.44. The van der Waals surface area contributed by atoms with Crippen molar-refractivity contribution >= 4 is 23.5 Å². The smallest absolute Gasteiger partial charge is 0.268 e. The van der Waals surface area contributed by atoms with E-state index in [2.05, 4.69) is 9.97 Å². The molecular formula is C7H7N3O2S. The van der Waals surface area contributed by atoms with Crippen molar-refractivity contribution in [2.75, 3.05) is 10.8 Å². The lowest BCUT2D eigenvalue weighted by Crippen LogP contribution is -2.29. The van der Waals surface area contributed by atoms with Crippen molar-refractivity contribution in [1.29, 1.82) is 0 Å². The number of aliphatic hydroxyl groups excluding tert-OH is 1. The molecule has 1 aromatic rings. The van der Waals surface area contributed by atoms with Gasteiger partial charge in [0, 0.05) is 12.4 Å². The van der Waals surface area contributed by atoms with Crippen LogP contribution in [0.5, 0.6) is 0 Å². The van der Waals surface area contributed by atoms with Gasteiger partial charge in [-0.05, 0) is 0 Å². The minimum absolute atomic E-state index is 0.328. The topological polar surface area (TPSA) is 66.3 Å². The molecule has 1 unspecified atom stereocenters. The molecule has 6 heteroatoms. The first-order chi connectivity index (χ1) is 6.29. The van der Waals surface area contributed by atoms with E-state index >= 15 is 0 Å². The van der Waals surface area contributed by atoms with Gasteiger partial charge in [0.2, 0.25) is 0 Å². The molecule has 1 fully saturated rings. The van der Waals surface area contributed by atoms with Crippen LogP contribution in [-0.2, 0) is 4.79 Å². The van der Waals surface area contributed by atoms with E-state index in [1.54, 1.807) is 0 Å². The standard InChI is InChI=1S/C7H7N3O2S/c11-6-7(12)13-4-10(6)5-3-8-1-2-9-5/h1-3,7,12H,4H2. The summed E-state index contributed by atoms with van der Waals surface area (Å²) in [6.07, 6.45) is 4.54. The molecule has 0 aliphatic carbocycles. The zero-order valence-electron chi connectivity index (χ0n) is 6.62. The number of hydrogen-bond donors (Lipinski definition) is 1. The number of aromatic nitrogens is 2. The van der Waals surface area contributed by atoms with Crippen LogP contribution in [0.3, 0.4) is 0 Å². The van der Waals surface area contributed by atoms with Gasteiger partial charge in [-0.15, -0.1) is 0 Å². The molecule has 68 valence electrons. The monoisotopic (exact) mass is 197 g/mol. The maximum Gasteiger partial charge on any atom is 0.268 e. The average Bonchev–Trinajstić information content (AvgIpc) is 2.49. The van der Waals surface area contributed by atoms with Crippen LogP contribution < -0.4 is 4.90 Å². The SMILES string of the molecule is O=C1C(O)SCN1c1cnccn1. The second-order valence-corrected chi connectivity index (χ2v) is 3.52. The minimum atomic E-state index is -0.956. The summed E-state index contributed by atoms with van der Waals surface area (Å²) in [7, 11) is 0. The molecule has 1 aliphatic heterocycles. The van der Waals surface area contributed by atoms with Crippen molar-refractivity contribution in [2.24, 2.45) is 0 Å². The van der Waals surface area contributed by atoms with Crippen LogP contribution in [0.25, 0.3) is 0 Å². The van der Waals surface area contributed by atoms with Gasteiger partial charge in [-0.3, -0.25) is 14.7 Å². The van der Waals surface area contributed by atoms with Crippen LogP contribution in [0.1, 0.15) is 0 Å². The van der Waals surface area contributed by atoms with Crippen LogP contribution in [0.4, 0.5) is 5.82 Å². The average molecular weight is 197 g/mol. The van der Waals surface area contributed by atoms with Crippen molar-refractivity contribution in [3.05, 3.63) is 18.6 Å². The number of rotatable bonds is 1. The number of hydrogen-bond acceptors (Lipinski definition) is 5. The Morgan fingerprint density at radius 2 is 2.46 bits per heavy atom. The predicted octanol–water partition coefficient (Wildman–Crippen LogP) is -0.168. The fourth-order valence-corrected chi connectivity index (χ4v) is 1.84. The summed E-state index contributed by atoms with van der Waals surface area (Å²) in [5, 5.41) is 9.15. The summed E-state index contributed by atoms with van der Waals surface area (Å²) in [4.78, 5) is 20.5. The molecule has 2 heterocycles. The third-order valence-corrected chi connectivity index (χ3v) is 2.59. The number of carbonyl (C=O) groups excluding carboxylic acids is 1. The molecule has 13 heavy (non-hydrogen) atoms. The Balaban J connectivity index is 2.24. The van der Waals surface area contributed by atoms with Crippen LogP contribution in [-0.4, -0.2) is 32.3 Å². The van der Waals surface area contributed by atoms with Crippen molar-refractivity contribution < 1.29 is 9.90 Å². The maximum atomic E-state index is 11.3. The fourth-order valence-electron chi connectivity index (χ4n) is 1.02. The molecule has 0 aromatic carbocycles. The highest BCUT2D eigenvalue weighted by Gasteiger charge is 2.32.